The van der Waals surface area contributed by atoms with Gasteiger partial charge in [0.05, 0.1) is 24.2 Å². The third-order valence-corrected chi connectivity index (χ3v) is 9.81. The van der Waals surface area contributed by atoms with Crippen molar-refractivity contribution < 1.29 is 19.1 Å². The van der Waals surface area contributed by atoms with Crippen molar-refractivity contribution in [3.8, 4) is 5.75 Å². The van der Waals surface area contributed by atoms with Crippen molar-refractivity contribution in [2.24, 2.45) is 5.41 Å². The van der Waals surface area contributed by atoms with Crippen LogP contribution in [0.4, 0.5) is 4.79 Å². The summed E-state index contributed by atoms with van der Waals surface area (Å²) in [6.07, 6.45) is 8.72. The van der Waals surface area contributed by atoms with E-state index in [1.165, 1.54) is 29.5 Å². The Morgan fingerprint density at radius 3 is 2.34 bits per heavy atom. The minimum absolute atomic E-state index is 0.0533. The second-order valence-corrected chi connectivity index (χ2v) is 12.2. The summed E-state index contributed by atoms with van der Waals surface area (Å²) in [7, 11) is 0. The predicted octanol–water partition coefficient (Wildman–Crippen LogP) is 5.53. The molecule has 2 saturated heterocycles. The van der Waals surface area contributed by atoms with E-state index < -0.39 is 0 Å². The number of nitrogens with one attached hydrogen (secondary N) is 1. The molecule has 5 rings (SSSR count). The van der Waals surface area contributed by atoms with Gasteiger partial charge in [-0.2, -0.15) is 0 Å². The zero-order chi connectivity index (χ0) is 26.9. The standard InChI is InChI=1S/C31H47N3O4/c1-5-30(28(35)38-7-3)12-10-25(11-13-30)34-21-31(32-29(34)36)14-16-33(17-15-31)20-24-19-27(37-6-2)22(4)18-26(24)23-8-9-23/h18-19,23,25H,5-17,20-21H2,1-4H3,(H,32,36)/t25-,30+. The number of aryl methyl sites for hydroxylation is 1. The van der Waals surface area contributed by atoms with E-state index in [-0.39, 0.29) is 29.0 Å². The molecule has 1 spiro atoms. The highest BCUT2D eigenvalue weighted by Gasteiger charge is 2.49. The average Bonchev–Trinajstić information content (AvgIpc) is 3.71. The fourth-order valence-corrected chi connectivity index (χ4v) is 7.12. The van der Waals surface area contributed by atoms with Crippen molar-refractivity contribution in [2.45, 2.75) is 110 Å². The van der Waals surface area contributed by atoms with E-state index in [0.717, 1.165) is 76.9 Å². The average molecular weight is 526 g/mol. The molecular weight excluding hydrogens is 478 g/mol. The van der Waals surface area contributed by atoms with E-state index in [4.69, 9.17) is 9.47 Å². The maximum atomic E-state index is 13.1. The van der Waals surface area contributed by atoms with Gasteiger partial charge in [0.15, 0.2) is 0 Å². The molecule has 4 fully saturated rings. The highest BCUT2D eigenvalue weighted by Crippen LogP contribution is 2.45. The van der Waals surface area contributed by atoms with Crippen LogP contribution in [0, 0.1) is 12.3 Å². The number of nitrogens with zero attached hydrogens (tertiary/aromatic N) is 2. The fourth-order valence-electron chi connectivity index (χ4n) is 7.12. The lowest BCUT2D eigenvalue weighted by molar-refractivity contribution is -0.158. The van der Waals surface area contributed by atoms with Crippen LogP contribution in [-0.2, 0) is 16.1 Å². The molecule has 0 atom stereocenters. The highest BCUT2D eigenvalue weighted by molar-refractivity contribution is 5.79. The lowest BCUT2D eigenvalue weighted by Crippen LogP contribution is -2.52. The lowest BCUT2D eigenvalue weighted by Gasteiger charge is -2.41. The number of esters is 1. The minimum atomic E-state index is -0.372. The maximum Gasteiger partial charge on any atom is 0.318 e. The van der Waals surface area contributed by atoms with Crippen molar-refractivity contribution in [1.82, 2.24) is 15.1 Å². The monoisotopic (exact) mass is 525 g/mol. The molecule has 2 heterocycles. The SMILES string of the molecule is CCOc1cc(CN2CCC3(CC2)CN([C@H]2CC[C@@](CC)(C(=O)OCC)CC2)C(=O)N3)c(C2CC2)cc1C. The number of hydrogen-bond acceptors (Lipinski definition) is 5. The molecule has 1 aromatic carbocycles. The van der Waals surface area contributed by atoms with Crippen molar-refractivity contribution in [2.75, 3.05) is 32.8 Å². The van der Waals surface area contributed by atoms with Crippen LogP contribution in [0.1, 0.15) is 101 Å². The molecule has 7 heteroatoms. The number of hydrogen-bond donors (Lipinski definition) is 1. The molecular formula is C31H47N3O4. The van der Waals surface area contributed by atoms with Gasteiger partial charge in [-0.1, -0.05) is 13.0 Å². The summed E-state index contributed by atoms with van der Waals surface area (Å²) in [6, 6.07) is 4.94. The van der Waals surface area contributed by atoms with Gasteiger partial charge in [0.25, 0.3) is 0 Å². The molecule has 210 valence electrons. The van der Waals surface area contributed by atoms with Gasteiger partial charge in [0.1, 0.15) is 5.75 Å². The number of benzene rings is 1. The first-order valence-corrected chi connectivity index (χ1v) is 15.1. The number of rotatable bonds is 9. The molecule has 0 unspecified atom stereocenters. The van der Waals surface area contributed by atoms with Gasteiger partial charge in [-0.05, 0) is 107 Å². The Bertz CT molecular complexity index is 1020. The van der Waals surface area contributed by atoms with E-state index >= 15 is 0 Å². The lowest BCUT2D eigenvalue weighted by atomic mass is 9.70. The summed E-state index contributed by atoms with van der Waals surface area (Å²) in [4.78, 5) is 30.4. The first-order chi connectivity index (χ1) is 18.3. The van der Waals surface area contributed by atoms with E-state index in [1.54, 1.807) is 0 Å². The van der Waals surface area contributed by atoms with Gasteiger partial charge in [-0.3, -0.25) is 9.69 Å². The van der Waals surface area contributed by atoms with Crippen LogP contribution < -0.4 is 10.1 Å². The molecule has 0 bridgehead atoms. The molecule has 2 aliphatic carbocycles. The molecule has 0 radical (unpaired) electrons. The van der Waals surface area contributed by atoms with Crippen LogP contribution in [-0.4, -0.2) is 66.2 Å². The Kier molecular flexibility index (Phi) is 7.95. The number of piperidine rings is 1. The third-order valence-electron chi connectivity index (χ3n) is 9.81. The Morgan fingerprint density at radius 2 is 1.74 bits per heavy atom. The van der Waals surface area contributed by atoms with Gasteiger partial charge in [0.2, 0.25) is 0 Å². The largest absolute Gasteiger partial charge is 0.494 e. The van der Waals surface area contributed by atoms with E-state index in [2.05, 4.69) is 41.1 Å². The summed E-state index contributed by atoms with van der Waals surface area (Å²) in [5, 5.41) is 3.40. The number of amides is 2. The fraction of sp³-hybridized carbons (Fsp3) is 0.742. The number of carbonyl (C=O) groups is 2. The smallest absolute Gasteiger partial charge is 0.318 e. The molecule has 2 saturated carbocycles. The highest BCUT2D eigenvalue weighted by atomic mass is 16.5. The molecule has 38 heavy (non-hydrogen) atoms. The van der Waals surface area contributed by atoms with Crippen LogP contribution in [0.15, 0.2) is 12.1 Å². The third kappa shape index (κ3) is 5.41. The molecule has 7 nitrogen and oxygen atoms in total. The van der Waals surface area contributed by atoms with Gasteiger partial charge in [-0.25, -0.2) is 4.79 Å². The van der Waals surface area contributed by atoms with Crippen LogP contribution in [0.5, 0.6) is 5.75 Å². The second-order valence-electron chi connectivity index (χ2n) is 12.2. The summed E-state index contributed by atoms with van der Waals surface area (Å²) in [5.41, 5.74) is 3.66. The second kappa shape index (κ2) is 11.1. The molecule has 1 N–H and O–H groups in total. The summed E-state index contributed by atoms with van der Waals surface area (Å²) >= 11 is 0. The van der Waals surface area contributed by atoms with E-state index in [9.17, 15) is 9.59 Å². The zero-order valence-electron chi connectivity index (χ0n) is 23.9. The Balaban J connectivity index is 1.18. The summed E-state index contributed by atoms with van der Waals surface area (Å²) < 4.78 is 11.3. The molecule has 2 amide bonds. The first kappa shape index (κ1) is 27.3. The van der Waals surface area contributed by atoms with Crippen molar-refractivity contribution in [1.29, 1.82) is 0 Å². The Morgan fingerprint density at radius 1 is 1.03 bits per heavy atom. The Labute approximate surface area is 228 Å². The van der Waals surface area contributed by atoms with Crippen LogP contribution in [0.25, 0.3) is 0 Å². The number of carbonyl (C=O) groups excluding carboxylic acids is 2. The van der Waals surface area contributed by atoms with Crippen molar-refractivity contribution in [3.05, 3.63) is 28.8 Å². The van der Waals surface area contributed by atoms with Crippen LogP contribution in [0.3, 0.4) is 0 Å². The van der Waals surface area contributed by atoms with E-state index in [1.807, 2.05) is 13.8 Å². The predicted molar refractivity (Wildman–Crippen MR) is 148 cm³/mol. The van der Waals surface area contributed by atoms with Gasteiger partial charge in [0, 0.05) is 32.2 Å². The first-order valence-electron chi connectivity index (χ1n) is 15.1. The number of urea groups is 1. The molecule has 0 aromatic heterocycles. The maximum absolute atomic E-state index is 13.1. The number of ether oxygens (including phenoxy) is 2. The molecule has 2 aliphatic heterocycles. The minimum Gasteiger partial charge on any atom is -0.494 e. The van der Waals surface area contributed by atoms with Gasteiger partial charge in [-0.15, -0.1) is 0 Å². The van der Waals surface area contributed by atoms with Gasteiger partial charge >= 0.3 is 12.0 Å². The Hall–Kier alpha value is -2.28. The zero-order valence-corrected chi connectivity index (χ0v) is 23.9. The normalized spacial score (nSPS) is 27.4. The summed E-state index contributed by atoms with van der Waals surface area (Å²) in [5.74, 6) is 1.67. The van der Waals surface area contributed by atoms with E-state index in [0.29, 0.717) is 19.1 Å². The molecule has 1 aromatic rings. The topological polar surface area (TPSA) is 71.1 Å². The summed E-state index contributed by atoms with van der Waals surface area (Å²) in [6.45, 7) is 13.0. The molecule has 4 aliphatic rings. The quantitative estimate of drug-likeness (QED) is 0.429. The van der Waals surface area contributed by atoms with Crippen LogP contribution >= 0.6 is 0 Å². The van der Waals surface area contributed by atoms with Crippen molar-refractivity contribution in [3.63, 3.8) is 0 Å². The van der Waals surface area contributed by atoms with Crippen molar-refractivity contribution >= 4 is 12.0 Å². The van der Waals surface area contributed by atoms with Gasteiger partial charge < -0.3 is 19.7 Å². The van der Waals surface area contributed by atoms with Crippen LogP contribution in [0.2, 0.25) is 0 Å². The number of likely N-dealkylation sites (tertiary alicyclic amines) is 1.